The van der Waals surface area contributed by atoms with E-state index >= 15 is 0 Å². The molecule has 0 bridgehead atoms. The fourth-order valence-corrected chi connectivity index (χ4v) is 2.10. The van der Waals surface area contributed by atoms with Crippen LogP contribution in [0.5, 0.6) is 5.75 Å². The largest absolute Gasteiger partial charge is 0.483 e. The molecule has 22 heavy (non-hydrogen) atoms. The van der Waals surface area contributed by atoms with Crippen molar-refractivity contribution in [2.75, 3.05) is 6.61 Å². The van der Waals surface area contributed by atoms with Gasteiger partial charge in [0.25, 0.3) is 5.91 Å². The Morgan fingerprint density at radius 1 is 1.23 bits per heavy atom. The molecule has 2 aromatic rings. The van der Waals surface area contributed by atoms with Gasteiger partial charge in [-0.15, -0.1) is 0 Å². The minimum Gasteiger partial charge on any atom is -0.483 e. The molecule has 0 unspecified atom stereocenters. The zero-order valence-electron chi connectivity index (χ0n) is 12.3. The number of nitrogens with one attached hydrogen (secondary N) is 1. The fraction of sp³-hybridized carbons (Fsp3) is 0.176. The number of nitrogens with zero attached hydrogens (tertiary/aromatic N) is 1. The second kappa shape index (κ2) is 8.34. The number of rotatable bonds is 6. The molecule has 0 aliphatic rings. The molecular weight excluding hydrogens is 344 g/mol. The van der Waals surface area contributed by atoms with Crippen molar-refractivity contribution in [2.45, 2.75) is 13.3 Å². The summed E-state index contributed by atoms with van der Waals surface area (Å²) in [6.07, 6.45) is 2.45. The van der Waals surface area contributed by atoms with Crippen LogP contribution in [0.4, 0.5) is 0 Å². The topological polar surface area (TPSA) is 50.7 Å². The summed E-state index contributed by atoms with van der Waals surface area (Å²) in [7, 11) is 0. The Bertz CT molecular complexity index is 654. The van der Waals surface area contributed by atoms with Crippen LogP contribution in [-0.2, 0) is 11.2 Å². The number of benzene rings is 2. The molecule has 2 aromatic carbocycles. The number of amides is 1. The highest BCUT2D eigenvalue weighted by molar-refractivity contribution is 9.10. The van der Waals surface area contributed by atoms with E-state index in [0.717, 1.165) is 27.8 Å². The summed E-state index contributed by atoms with van der Waals surface area (Å²) >= 11 is 3.36. The van der Waals surface area contributed by atoms with Gasteiger partial charge < -0.3 is 4.74 Å². The third-order valence-corrected chi connectivity index (χ3v) is 3.51. The normalized spacial score (nSPS) is 10.6. The first-order chi connectivity index (χ1) is 10.7. The maximum atomic E-state index is 11.7. The average Bonchev–Trinajstić information content (AvgIpc) is 2.55. The van der Waals surface area contributed by atoms with Crippen LogP contribution in [0.3, 0.4) is 0 Å². The van der Waals surface area contributed by atoms with Gasteiger partial charge in [-0.3, -0.25) is 4.79 Å². The van der Waals surface area contributed by atoms with Crippen molar-refractivity contribution in [2.24, 2.45) is 5.10 Å². The van der Waals surface area contributed by atoms with Gasteiger partial charge in [0.2, 0.25) is 0 Å². The third-order valence-electron chi connectivity index (χ3n) is 2.99. The number of hydrogen-bond donors (Lipinski definition) is 1. The highest BCUT2D eigenvalue weighted by Gasteiger charge is 2.04. The predicted octanol–water partition coefficient (Wildman–Crippen LogP) is 3.54. The van der Waals surface area contributed by atoms with Crippen LogP contribution in [-0.4, -0.2) is 18.7 Å². The molecule has 5 heteroatoms. The van der Waals surface area contributed by atoms with Gasteiger partial charge >= 0.3 is 0 Å². The molecular formula is C17H17BrN2O2. The van der Waals surface area contributed by atoms with E-state index in [9.17, 15) is 4.79 Å². The summed E-state index contributed by atoms with van der Waals surface area (Å²) in [6, 6.07) is 15.3. The fourth-order valence-electron chi connectivity index (χ4n) is 1.84. The van der Waals surface area contributed by atoms with Gasteiger partial charge in [0.1, 0.15) is 5.75 Å². The number of aryl methyl sites for hydroxylation is 1. The first-order valence-electron chi connectivity index (χ1n) is 6.97. The molecule has 0 aromatic heterocycles. The van der Waals surface area contributed by atoms with E-state index < -0.39 is 0 Å². The van der Waals surface area contributed by atoms with Gasteiger partial charge in [0.15, 0.2) is 6.61 Å². The lowest BCUT2D eigenvalue weighted by Crippen LogP contribution is -2.24. The number of carbonyl (C=O) groups excluding carboxylic acids is 1. The second-order valence-electron chi connectivity index (χ2n) is 4.59. The second-order valence-corrected chi connectivity index (χ2v) is 5.51. The van der Waals surface area contributed by atoms with Gasteiger partial charge in [-0.1, -0.05) is 53.2 Å². The highest BCUT2D eigenvalue weighted by atomic mass is 79.9. The van der Waals surface area contributed by atoms with E-state index in [1.807, 2.05) is 55.5 Å². The number of hydrazone groups is 1. The number of ether oxygens (including phenoxy) is 1. The number of para-hydroxylation sites is 1. The van der Waals surface area contributed by atoms with E-state index in [1.54, 1.807) is 6.21 Å². The summed E-state index contributed by atoms with van der Waals surface area (Å²) in [5.74, 6) is 0.441. The molecule has 0 radical (unpaired) electrons. The van der Waals surface area contributed by atoms with Crippen LogP contribution in [0.1, 0.15) is 18.1 Å². The molecule has 0 spiro atoms. The molecule has 1 amide bonds. The standard InChI is InChI=1S/C17H17BrN2O2/c1-2-14-5-3-4-6-16(14)22-12-17(21)20-19-11-13-7-9-15(18)10-8-13/h3-11H,2,12H2,1H3,(H,20,21). The van der Waals surface area contributed by atoms with Crippen molar-refractivity contribution in [3.05, 3.63) is 64.1 Å². The van der Waals surface area contributed by atoms with E-state index in [2.05, 4.69) is 26.5 Å². The molecule has 0 aliphatic heterocycles. The van der Waals surface area contributed by atoms with Gasteiger partial charge in [0.05, 0.1) is 6.21 Å². The molecule has 0 atom stereocenters. The van der Waals surface area contributed by atoms with Crippen LogP contribution in [0.25, 0.3) is 0 Å². The van der Waals surface area contributed by atoms with Crippen molar-refractivity contribution in [3.8, 4) is 5.75 Å². The highest BCUT2D eigenvalue weighted by Crippen LogP contribution is 2.17. The summed E-state index contributed by atoms with van der Waals surface area (Å²) in [5.41, 5.74) is 4.43. The summed E-state index contributed by atoms with van der Waals surface area (Å²) < 4.78 is 6.51. The number of hydrogen-bond acceptors (Lipinski definition) is 3. The van der Waals surface area contributed by atoms with Crippen molar-refractivity contribution in [1.29, 1.82) is 0 Å². The van der Waals surface area contributed by atoms with Crippen LogP contribution in [0.15, 0.2) is 58.1 Å². The maximum absolute atomic E-state index is 11.7. The Labute approximate surface area is 138 Å². The van der Waals surface area contributed by atoms with E-state index in [0.29, 0.717) is 0 Å². The number of halogens is 1. The Hall–Kier alpha value is -2.14. The molecule has 4 nitrogen and oxygen atoms in total. The molecule has 0 fully saturated rings. The number of carbonyl (C=O) groups is 1. The molecule has 0 aliphatic carbocycles. The quantitative estimate of drug-likeness (QED) is 0.632. The lowest BCUT2D eigenvalue weighted by atomic mass is 10.1. The molecule has 1 N–H and O–H groups in total. The van der Waals surface area contributed by atoms with E-state index in [-0.39, 0.29) is 12.5 Å². The van der Waals surface area contributed by atoms with Gasteiger partial charge in [-0.2, -0.15) is 5.10 Å². The summed E-state index contributed by atoms with van der Waals surface area (Å²) in [5, 5.41) is 3.91. The smallest absolute Gasteiger partial charge is 0.277 e. The molecule has 114 valence electrons. The van der Waals surface area contributed by atoms with Crippen LogP contribution in [0, 0.1) is 0 Å². The first kappa shape index (κ1) is 16.2. The lowest BCUT2D eigenvalue weighted by Gasteiger charge is -2.08. The SMILES string of the molecule is CCc1ccccc1OCC(=O)NN=Cc1ccc(Br)cc1. The van der Waals surface area contributed by atoms with Crippen molar-refractivity contribution >= 4 is 28.1 Å². The van der Waals surface area contributed by atoms with Gasteiger partial charge in [-0.05, 0) is 35.7 Å². The monoisotopic (exact) mass is 360 g/mol. The third kappa shape index (κ3) is 5.00. The molecule has 0 saturated carbocycles. The average molecular weight is 361 g/mol. The Kier molecular flexibility index (Phi) is 6.15. The predicted molar refractivity (Wildman–Crippen MR) is 91.2 cm³/mol. The zero-order chi connectivity index (χ0) is 15.8. The van der Waals surface area contributed by atoms with Crippen molar-refractivity contribution < 1.29 is 9.53 Å². The van der Waals surface area contributed by atoms with Crippen LogP contribution in [0.2, 0.25) is 0 Å². The van der Waals surface area contributed by atoms with Crippen molar-refractivity contribution in [3.63, 3.8) is 0 Å². The summed E-state index contributed by atoms with van der Waals surface area (Å²) in [4.78, 5) is 11.7. The van der Waals surface area contributed by atoms with Gasteiger partial charge in [-0.25, -0.2) is 5.43 Å². The van der Waals surface area contributed by atoms with Gasteiger partial charge in [0, 0.05) is 4.47 Å². The van der Waals surface area contributed by atoms with Crippen molar-refractivity contribution in [1.82, 2.24) is 5.43 Å². The van der Waals surface area contributed by atoms with E-state index in [4.69, 9.17) is 4.74 Å². The first-order valence-corrected chi connectivity index (χ1v) is 7.76. The Morgan fingerprint density at radius 2 is 1.95 bits per heavy atom. The Morgan fingerprint density at radius 3 is 2.68 bits per heavy atom. The minimum atomic E-state index is -0.292. The minimum absolute atomic E-state index is 0.0608. The maximum Gasteiger partial charge on any atom is 0.277 e. The molecule has 0 saturated heterocycles. The van der Waals surface area contributed by atoms with E-state index in [1.165, 1.54) is 0 Å². The Balaban J connectivity index is 1.82. The van der Waals surface area contributed by atoms with Crippen LogP contribution < -0.4 is 10.2 Å². The molecule has 2 rings (SSSR count). The van der Waals surface area contributed by atoms with Crippen LogP contribution >= 0.6 is 15.9 Å². The molecule has 0 heterocycles. The summed E-state index contributed by atoms with van der Waals surface area (Å²) in [6.45, 7) is 1.99. The lowest BCUT2D eigenvalue weighted by molar-refractivity contribution is -0.123. The zero-order valence-corrected chi connectivity index (χ0v) is 13.8.